The van der Waals surface area contributed by atoms with E-state index in [0.29, 0.717) is 30.3 Å². The summed E-state index contributed by atoms with van der Waals surface area (Å²) in [6.07, 6.45) is 0. The molecular weight excluding hydrogens is 356 g/mol. The van der Waals surface area contributed by atoms with Gasteiger partial charge in [0.2, 0.25) is 0 Å². The maximum absolute atomic E-state index is 8.72. The zero-order valence-corrected chi connectivity index (χ0v) is 13.8. The van der Waals surface area contributed by atoms with Crippen molar-refractivity contribution in [3.63, 3.8) is 0 Å². The molecule has 0 amide bonds. The van der Waals surface area contributed by atoms with Gasteiger partial charge in [-0.3, -0.25) is 0 Å². The van der Waals surface area contributed by atoms with Gasteiger partial charge < -0.3 is 20.4 Å². The number of hydrogen-bond acceptors (Lipinski definition) is 5. The Morgan fingerprint density at radius 2 is 2.14 bits per heavy atom. The third-order valence-corrected chi connectivity index (χ3v) is 4.31. The molecule has 3 N–H and O–H groups in total. The number of rotatable bonds is 6. The van der Waals surface area contributed by atoms with Gasteiger partial charge in [-0.2, -0.15) is 0 Å². The smallest absolute Gasteiger partial charge is 0.170 e. The van der Waals surface area contributed by atoms with E-state index in [9.17, 15) is 0 Å². The third-order valence-electron chi connectivity index (χ3n) is 2.64. The van der Waals surface area contributed by atoms with Crippen molar-refractivity contribution in [3.8, 4) is 11.5 Å². The molecule has 0 fully saturated rings. The minimum atomic E-state index is 0.0321. The summed E-state index contributed by atoms with van der Waals surface area (Å²) in [5, 5.41) is 13.7. The Morgan fingerprint density at radius 1 is 1.33 bits per heavy atom. The summed E-state index contributed by atoms with van der Waals surface area (Å²) in [4.78, 5) is 1.10. The van der Waals surface area contributed by atoms with Crippen molar-refractivity contribution in [3.05, 3.63) is 44.6 Å². The van der Waals surface area contributed by atoms with E-state index in [1.807, 2.05) is 18.4 Å². The predicted molar refractivity (Wildman–Crippen MR) is 86.5 cm³/mol. The van der Waals surface area contributed by atoms with Crippen LogP contribution in [0.2, 0.25) is 0 Å². The van der Waals surface area contributed by atoms with Crippen molar-refractivity contribution in [1.29, 1.82) is 0 Å². The highest BCUT2D eigenvalue weighted by atomic mass is 79.9. The summed E-state index contributed by atoms with van der Waals surface area (Å²) in [7, 11) is 0. The average molecular weight is 371 g/mol. The molecule has 1 aromatic heterocycles. The number of thiophene rings is 1. The molecule has 2 aromatic rings. The Hall–Kier alpha value is -1.73. The van der Waals surface area contributed by atoms with Gasteiger partial charge in [0.25, 0.3) is 0 Å². The lowest BCUT2D eigenvalue weighted by Gasteiger charge is -2.12. The molecule has 0 aliphatic carbocycles. The second kappa shape index (κ2) is 7.33. The summed E-state index contributed by atoms with van der Waals surface area (Å²) in [5.74, 6) is 1.22. The number of nitrogens with zero attached hydrogens (tertiary/aromatic N) is 1. The molecule has 0 unspecified atom stereocenters. The average Bonchev–Trinajstić information content (AvgIpc) is 2.91. The summed E-state index contributed by atoms with van der Waals surface area (Å²) >= 11 is 5.03. The highest BCUT2D eigenvalue weighted by Crippen LogP contribution is 2.30. The molecule has 0 spiro atoms. The normalized spacial score (nSPS) is 11.4. The lowest BCUT2D eigenvalue weighted by Crippen LogP contribution is -2.13. The molecule has 1 heterocycles. The first-order valence-corrected chi connectivity index (χ1v) is 7.91. The zero-order valence-electron chi connectivity index (χ0n) is 11.4. The Labute approximate surface area is 135 Å². The first-order chi connectivity index (χ1) is 10.1. The van der Waals surface area contributed by atoms with Crippen LogP contribution in [-0.2, 0) is 6.61 Å². The zero-order chi connectivity index (χ0) is 15.2. The fraction of sp³-hybridized carbons (Fsp3) is 0.214. The van der Waals surface area contributed by atoms with Gasteiger partial charge in [0, 0.05) is 20.3 Å². The topological polar surface area (TPSA) is 77.1 Å². The number of oxime groups is 1. The molecule has 0 radical (unpaired) electrons. The molecule has 0 aliphatic heterocycles. The van der Waals surface area contributed by atoms with Crippen molar-refractivity contribution in [2.75, 3.05) is 6.61 Å². The van der Waals surface area contributed by atoms with Gasteiger partial charge in [-0.15, -0.1) is 11.3 Å². The number of amidine groups is 1. The summed E-state index contributed by atoms with van der Waals surface area (Å²) in [5.41, 5.74) is 6.15. The molecule has 5 nitrogen and oxygen atoms in total. The van der Waals surface area contributed by atoms with E-state index in [4.69, 9.17) is 20.4 Å². The van der Waals surface area contributed by atoms with E-state index in [-0.39, 0.29) is 5.84 Å². The van der Waals surface area contributed by atoms with Crippen molar-refractivity contribution in [2.45, 2.75) is 13.5 Å². The second-order valence-electron chi connectivity index (χ2n) is 4.10. The highest BCUT2D eigenvalue weighted by Gasteiger charge is 2.10. The van der Waals surface area contributed by atoms with E-state index in [1.54, 1.807) is 29.5 Å². The molecule has 0 saturated carbocycles. The summed E-state index contributed by atoms with van der Waals surface area (Å²) in [6.45, 7) is 2.84. The fourth-order valence-electron chi connectivity index (χ4n) is 1.69. The van der Waals surface area contributed by atoms with Gasteiger partial charge in [0.05, 0.1) is 6.61 Å². The number of hydrogen-bond donors (Lipinski definition) is 2. The van der Waals surface area contributed by atoms with Crippen molar-refractivity contribution in [2.24, 2.45) is 10.9 Å². The molecule has 21 heavy (non-hydrogen) atoms. The summed E-state index contributed by atoms with van der Waals surface area (Å²) < 4.78 is 12.4. The van der Waals surface area contributed by atoms with Crippen molar-refractivity contribution in [1.82, 2.24) is 0 Å². The molecule has 112 valence electrons. The van der Waals surface area contributed by atoms with Gasteiger partial charge in [-0.1, -0.05) is 5.16 Å². The van der Waals surface area contributed by atoms with Crippen LogP contribution in [0, 0.1) is 0 Å². The molecule has 0 atom stereocenters. The molecule has 1 aromatic carbocycles. The third kappa shape index (κ3) is 4.12. The van der Waals surface area contributed by atoms with E-state index >= 15 is 0 Å². The van der Waals surface area contributed by atoms with Crippen LogP contribution in [0.25, 0.3) is 0 Å². The Morgan fingerprint density at radius 3 is 2.76 bits per heavy atom. The molecule has 2 rings (SSSR count). The van der Waals surface area contributed by atoms with Crippen LogP contribution in [0.5, 0.6) is 11.5 Å². The largest absolute Gasteiger partial charge is 0.490 e. The Bertz CT molecular complexity index is 643. The van der Waals surface area contributed by atoms with Gasteiger partial charge in [0.15, 0.2) is 17.3 Å². The van der Waals surface area contributed by atoms with E-state index in [1.165, 1.54) is 0 Å². The minimum Gasteiger partial charge on any atom is -0.490 e. The van der Waals surface area contributed by atoms with E-state index < -0.39 is 0 Å². The molecule has 0 bridgehead atoms. The number of halogens is 1. The van der Waals surface area contributed by atoms with Crippen LogP contribution in [0.3, 0.4) is 0 Å². The highest BCUT2D eigenvalue weighted by molar-refractivity contribution is 9.10. The summed E-state index contributed by atoms with van der Waals surface area (Å²) in [6, 6.07) is 7.17. The predicted octanol–water partition coefficient (Wildman–Crippen LogP) is 3.58. The number of nitrogens with two attached hydrogens (primary N) is 1. The van der Waals surface area contributed by atoms with Crippen LogP contribution >= 0.6 is 27.3 Å². The molecule has 0 saturated heterocycles. The van der Waals surface area contributed by atoms with Crippen LogP contribution in [0.4, 0.5) is 0 Å². The van der Waals surface area contributed by atoms with Crippen LogP contribution < -0.4 is 15.2 Å². The van der Waals surface area contributed by atoms with Gasteiger partial charge in [-0.05, 0) is 47.1 Å². The molecular formula is C14H15BrN2O3S. The lowest BCUT2D eigenvalue weighted by molar-refractivity contribution is 0.271. The maximum atomic E-state index is 8.72. The number of ether oxygens (including phenoxy) is 2. The van der Waals surface area contributed by atoms with Crippen LogP contribution in [-0.4, -0.2) is 17.6 Å². The van der Waals surface area contributed by atoms with Gasteiger partial charge in [0.1, 0.15) is 6.61 Å². The monoisotopic (exact) mass is 370 g/mol. The Kier molecular flexibility index (Phi) is 5.46. The van der Waals surface area contributed by atoms with Crippen LogP contribution in [0.1, 0.15) is 17.4 Å². The first-order valence-electron chi connectivity index (χ1n) is 6.24. The second-order valence-corrected chi connectivity index (χ2v) is 6.01. The van der Waals surface area contributed by atoms with Crippen molar-refractivity contribution < 1.29 is 14.7 Å². The van der Waals surface area contributed by atoms with E-state index in [0.717, 1.165) is 9.35 Å². The van der Waals surface area contributed by atoms with Gasteiger partial charge >= 0.3 is 0 Å². The Balaban J connectivity index is 2.17. The van der Waals surface area contributed by atoms with E-state index in [2.05, 4.69) is 21.1 Å². The first kappa shape index (κ1) is 15.7. The van der Waals surface area contributed by atoms with Crippen LogP contribution in [0.15, 0.2) is 39.3 Å². The number of benzene rings is 1. The lowest BCUT2D eigenvalue weighted by atomic mass is 10.2. The standard InChI is InChI=1S/C14H15BrN2O3S/c1-2-19-13-5-9(14(16)17-18)3-4-12(13)20-7-11-6-10(15)8-21-11/h3-6,8,18H,2,7H2,1H3,(H2,16,17). The molecule has 7 heteroatoms. The quantitative estimate of drug-likeness (QED) is 0.352. The maximum Gasteiger partial charge on any atom is 0.170 e. The minimum absolute atomic E-state index is 0.0321. The molecule has 0 aliphatic rings. The fourth-order valence-corrected chi connectivity index (χ4v) is 3.05. The van der Waals surface area contributed by atoms with Gasteiger partial charge in [-0.25, -0.2) is 0 Å². The van der Waals surface area contributed by atoms with Crippen molar-refractivity contribution >= 4 is 33.1 Å². The SMILES string of the molecule is CCOc1cc(C(N)=NO)ccc1OCc1cc(Br)cs1.